The van der Waals surface area contributed by atoms with Crippen LogP contribution in [0.25, 0.3) is 10.9 Å². The van der Waals surface area contributed by atoms with Crippen LogP contribution in [0, 0.1) is 0 Å². The van der Waals surface area contributed by atoms with E-state index in [0.29, 0.717) is 5.75 Å². The Morgan fingerprint density at radius 2 is 1.85 bits per heavy atom. The molecule has 1 aromatic heterocycles. The van der Waals surface area contributed by atoms with Gasteiger partial charge < -0.3 is 9.47 Å². The number of methoxy groups -OCH3 is 2. The van der Waals surface area contributed by atoms with Gasteiger partial charge in [-0.25, -0.2) is 0 Å². The molecule has 1 aromatic carbocycles. The van der Waals surface area contributed by atoms with Crippen LogP contribution in [0.1, 0.15) is 0 Å². The van der Waals surface area contributed by atoms with Crippen molar-refractivity contribution in [2.75, 3.05) is 14.2 Å². The van der Waals surface area contributed by atoms with Crippen molar-refractivity contribution in [3.63, 3.8) is 0 Å². The van der Waals surface area contributed by atoms with Crippen LogP contribution in [0.5, 0.6) is 11.5 Å². The van der Waals surface area contributed by atoms with Gasteiger partial charge in [0.1, 0.15) is 0 Å². The van der Waals surface area contributed by atoms with E-state index in [1.165, 1.54) is 0 Å². The average molecular weight is 178 g/mol. The third-order valence-corrected chi connectivity index (χ3v) is 1.94. The van der Waals surface area contributed by atoms with Crippen molar-refractivity contribution in [2.45, 2.75) is 0 Å². The smallest absolute Gasteiger partial charge is 0.162 e. The number of ether oxygens (including phenoxy) is 2. The lowest BCUT2D eigenvalue weighted by molar-refractivity contribution is 0.356. The first kappa shape index (κ1) is 7.91. The Kier molecular flexibility index (Phi) is 1.81. The first-order valence-corrected chi connectivity index (χ1v) is 3.90. The van der Waals surface area contributed by atoms with E-state index in [-0.39, 0.29) is 0 Å². The van der Waals surface area contributed by atoms with Gasteiger partial charge in [0.25, 0.3) is 0 Å². The maximum Gasteiger partial charge on any atom is 0.162 e. The van der Waals surface area contributed by atoms with Crippen molar-refractivity contribution in [3.8, 4) is 11.5 Å². The molecule has 0 spiro atoms. The lowest BCUT2D eigenvalue weighted by Crippen LogP contribution is -1.89. The number of nitrogens with one attached hydrogen (secondary N) is 1. The zero-order valence-electron chi connectivity index (χ0n) is 7.50. The Balaban J connectivity index is 2.67. The molecule has 0 fully saturated rings. The van der Waals surface area contributed by atoms with Gasteiger partial charge in [-0.05, 0) is 6.07 Å². The zero-order valence-corrected chi connectivity index (χ0v) is 7.50. The van der Waals surface area contributed by atoms with Crippen LogP contribution in [-0.2, 0) is 0 Å². The molecule has 2 rings (SSSR count). The summed E-state index contributed by atoms with van der Waals surface area (Å²) in [6, 6.07) is 3.75. The highest BCUT2D eigenvalue weighted by Crippen LogP contribution is 2.30. The first-order valence-electron chi connectivity index (χ1n) is 3.90. The first-order chi connectivity index (χ1) is 6.35. The Morgan fingerprint density at radius 3 is 2.54 bits per heavy atom. The molecule has 0 unspecified atom stereocenters. The lowest BCUT2D eigenvalue weighted by atomic mass is 10.2. The van der Waals surface area contributed by atoms with Crippen LogP contribution in [-0.4, -0.2) is 24.4 Å². The second kappa shape index (κ2) is 2.97. The minimum atomic E-state index is 0.708. The normalized spacial score (nSPS) is 10.3. The predicted molar refractivity (Wildman–Crippen MR) is 49.2 cm³/mol. The largest absolute Gasteiger partial charge is 0.493 e. The van der Waals surface area contributed by atoms with Gasteiger partial charge in [-0.1, -0.05) is 0 Å². The van der Waals surface area contributed by atoms with Crippen molar-refractivity contribution in [1.29, 1.82) is 0 Å². The zero-order chi connectivity index (χ0) is 9.26. The van der Waals surface area contributed by atoms with Gasteiger partial charge >= 0.3 is 0 Å². The van der Waals surface area contributed by atoms with Crippen LogP contribution in [0.4, 0.5) is 0 Å². The molecule has 0 saturated heterocycles. The average Bonchev–Trinajstić information content (AvgIpc) is 2.62. The number of rotatable bonds is 2. The van der Waals surface area contributed by atoms with E-state index in [0.717, 1.165) is 16.7 Å². The van der Waals surface area contributed by atoms with Crippen molar-refractivity contribution >= 4 is 10.9 Å². The molecule has 0 saturated carbocycles. The topological polar surface area (TPSA) is 47.1 Å². The minimum absolute atomic E-state index is 0.708. The van der Waals surface area contributed by atoms with E-state index >= 15 is 0 Å². The van der Waals surface area contributed by atoms with E-state index in [4.69, 9.17) is 9.47 Å². The fourth-order valence-corrected chi connectivity index (χ4v) is 1.27. The lowest BCUT2D eigenvalue weighted by Gasteiger charge is -2.06. The molecule has 1 heterocycles. The monoisotopic (exact) mass is 178 g/mol. The third-order valence-electron chi connectivity index (χ3n) is 1.94. The summed E-state index contributed by atoms with van der Waals surface area (Å²) in [5, 5.41) is 7.79. The quantitative estimate of drug-likeness (QED) is 0.759. The molecule has 2 aromatic rings. The van der Waals surface area contributed by atoms with Crippen LogP contribution >= 0.6 is 0 Å². The predicted octanol–water partition coefficient (Wildman–Crippen LogP) is 1.58. The molecule has 68 valence electrons. The molecule has 0 bridgehead atoms. The van der Waals surface area contributed by atoms with Gasteiger partial charge in [0, 0.05) is 11.5 Å². The van der Waals surface area contributed by atoms with E-state index < -0.39 is 0 Å². The van der Waals surface area contributed by atoms with Crippen molar-refractivity contribution in [2.24, 2.45) is 0 Å². The number of nitrogens with zero attached hydrogens (tertiary/aromatic N) is 1. The maximum absolute atomic E-state index is 5.15. The highest BCUT2D eigenvalue weighted by atomic mass is 16.5. The maximum atomic E-state index is 5.15. The number of H-pyrrole nitrogens is 1. The van der Waals surface area contributed by atoms with Gasteiger partial charge in [-0.3, -0.25) is 5.10 Å². The third kappa shape index (κ3) is 1.20. The molecule has 0 aliphatic carbocycles. The summed E-state index contributed by atoms with van der Waals surface area (Å²) in [7, 11) is 3.23. The number of fused-ring (bicyclic) bond motifs is 1. The fourth-order valence-electron chi connectivity index (χ4n) is 1.27. The molecule has 0 aliphatic rings. The van der Waals surface area contributed by atoms with E-state index in [2.05, 4.69) is 10.2 Å². The molecule has 0 radical (unpaired) electrons. The Morgan fingerprint density at radius 1 is 1.15 bits per heavy atom. The Hall–Kier alpha value is -1.71. The minimum Gasteiger partial charge on any atom is -0.493 e. The summed E-state index contributed by atoms with van der Waals surface area (Å²) in [5.41, 5.74) is 0.942. The van der Waals surface area contributed by atoms with Crippen molar-refractivity contribution in [3.05, 3.63) is 18.3 Å². The highest BCUT2D eigenvalue weighted by Gasteiger charge is 2.05. The fraction of sp³-hybridized carbons (Fsp3) is 0.222. The summed E-state index contributed by atoms with van der Waals surface area (Å²) in [5.74, 6) is 1.43. The molecule has 0 aliphatic heterocycles. The molecule has 4 nitrogen and oxygen atoms in total. The number of benzene rings is 1. The van der Waals surface area contributed by atoms with E-state index in [1.54, 1.807) is 20.4 Å². The molecule has 1 N–H and O–H groups in total. The van der Waals surface area contributed by atoms with Gasteiger partial charge in [0.15, 0.2) is 11.5 Å². The van der Waals surface area contributed by atoms with Gasteiger partial charge in [-0.2, -0.15) is 5.10 Å². The van der Waals surface area contributed by atoms with Crippen molar-refractivity contribution in [1.82, 2.24) is 10.2 Å². The number of aromatic amines is 1. The standard InChI is InChI=1S/C9H10N2O2/c1-12-8-3-6-5-10-11-7(6)4-9(8)13-2/h3-5H,1-2H3,(H,10,11). The van der Waals surface area contributed by atoms with Crippen LogP contribution in [0.2, 0.25) is 0 Å². The molecular formula is C9H10N2O2. The molecular weight excluding hydrogens is 168 g/mol. The van der Waals surface area contributed by atoms with Crippen molar-refractivity contribution < 1.29 is 9.47 Å². The van der Waals surface area contributed by atoms with Crippen LogP contribution < -0.4 is 9.47 Å². The molecule has 13 heavy (non-hydrogen) atoms. The second-order valence-electron chi connectivity index (χ2n) is 2.66. The van der Waals surface area contributed by atoms with Gasteiger partial charge in [-0.15, -0.1) is 0 Å². The molecule has 0 atom stereocenters. The summed E-state index contributed by atoms with van der Waals surface area (Å²) >= 11 is 0. The van der Waals surface area contributed by atoms with E-state index in [1.807, 2.05) is 12.1 Å². The SMILES string of the molecule is COc1cc2cn[nH]c2cc1OC. The summed E-state index contributed by atoms with van der Waals surface area (Å²) in [6.07, 6.45) is 1.75. The summed E-state index contributed by atoms with van der Waals surface area (Å²) < 4.78 is 10.3. The van der Waals surface area contributed by atoms with E-state index in [9.17, 15) is 0 Å². The van der Waals surface area contributed by atoms with Crippen LogP contribution in [0.15, 0.2) is 18.3 Å². The Labute approximate surface area is 75.5 Å². The summed E-state index contributed by atoms with van der Waals surface area (Å²) in [6.45, 7) is 0. The van der Waals surface area contributed by atoms with Gasteiger partial charge in [0.2, 0.25) is 0 Å². The number of aromatic nitrogens is 2. The van der Waals surface area contributed by atoms with Crippen LogP contribution in [0.3, 0.4) is 0 Å². The number of hydrogen-bond donors (Lipinski definition) is 1. The number of hydrogen-bond acceptors (Lipinski definition) is 3. The summed E-state index contributed by atoms with van der Waals surface area (Å²) in [4.78, 5) is 0. The molecule has 0 amide bonds. The second-order valence-corrected chi connectivity index (χ2v) is 2.66. The highest BCUT2D eigenvalue weighted by molar-refractivity contribution is 5.82. The van der Waals surface area contributed by atoms with Gasteiger partial charge in [0.05, 0.1) is 25.9 Å². The molecule has 4 heteroatoms. The Bertz CT molecular complexity index is 384.